The maximum Gasteiger partial charge on any atom is 0.339 e. The van der Waals surface area contributed by atoms with E-state index in [1.54, 1.807) is 25.5 Å². The summed E-state index contributed by atoms with van der Waals surface area (Å²) in [5.41, 5.74) is 0.382. The lowest BCUT2D eigenvalue weighted by molar-refractivity contribution is -0.129. The van der Waals surface area contributed by atoms with Crippen LogP contribution < -0.4 is 9.47 Å². The van der Waals surface area contributed by atoms with Gasteiger partial charge in [0, 0.05) is 17.0 Å². The van der Waals surface area contributed by atoms with Gasteiger partial charge >= 0.3 is 5.97 Å². The molecule has 70 valence electrons. The molecule has 0 spiro atoms. The van der Waals surface area contributed by atoms with Gasteiger partial charge in [0.15, 0.2) is 5.06 Å². The predicted octanol–water partition coefficient (Wildman–Crippen LogP) is 2.24. The zero-order valence-electron chi connectivity index (χ0n) is 7.49. The molecule has 1 aromatic rings. The SMILES string of the molecule is C=C(C)C(=O)Oc1cc(OC)cs1. The number of carbonyl (C=O) groups is 1. The van der Waals surface area contributed by atoms with Crippen molar-refractivity contribution in [2.24, 2.45) is 0 Å². The van der Waals surface area contributed by atoms with Crippen LogP contribution in [0.5, 0.6) is 10.8 Å². The molecular weight excluding hydrogens is 188 g/mol. The van der Waals surface area contributed by atoms with Crippen LogP contribution in [-0.4, -0.2) is 13.1 Å². The normalized spacial score (nSPS) is 9.38. The zero-order valence-corrected chi connectivity index (χ0v) is 8.31. The Morgan fingerprint density at radius 3 is 2.77 bits per heavy atom. The van der Waals surface area contributed by atoms with Crippen LogP contribution in [0.25, 0.3) is 0 Å². The van der Waals surface area contributed by atoms with Gasteiger partial charge in [0.05, 0.1) is 7.11 Å². The molecule has 1 rings (SSSR count). The maximum absolute atomic E-state index is 11.1. The molecular formula is C9H10O3S. The Kier molecular flexibility index (Phi) is 3.08. The number of esters is 1. The molecule has 0 aliphatic carbocycles. The summed E-state index contributed by atoms with van der Waals surface area (Å²) < 4.78 is 9.89. The molecule has 0 saturated carbocycles. The fourth-order valence-corrected chi connectivity index (χ4v) is 1.34. The molecule has 0 aromatic carbocycles. The maximum atomic E-state index is 11.1. The van der Waals surface area contributed by atoms with Crippen molar-refractivity contribution in [1.82, 2.24) is 0 Å². The first-order valence-electron chi connectivity index (χ1n) is 3.63. The summed E-state index contributed by atoms with van der Waals surface area (Å²) >= 11 is 1.31. The van der Waals surface area contributed by atoms with E-state index < -0.39 is 5.97 Å². The Morgan fingerprint density at radius 2 is 2.31 bits per heavy atom. The minimum Gasteiger partial charge on any atom is -0.496 e. The van der Waals surface area contributed by atoms with Gasteiger partial charge in [-0.2, -0.15) is 0 Å². The average Bonchev–Trinajstić information content (AvgIpc) is 2.52. The number of hydrogen-bond acceptors (Lipinski definition) is 4. The lowest BCUT2D eigenvalue weighted by atomic mass is 10.4. The number of hydrogen-bond donors (Lipinski definition) is 0. The van der Waals surface area contributed by atoms with Crippen molar-refractivity contribution in [2.45, 2.75) is 6.92 Å². The molecule has 3 nitrogen and oxygen atoms in total. The molecule has 0 N–H and O–H groups in total. The van der Waals surface area contributed by atoms with E-state index in [0.29, 0.717) is 16.4 Å². The fourth-order valence-electron chi connectivity index (χ4n) is 0.639. The highest BCUT2D eigenvalue weighted by Gasteiger charge is 2.07. The lowest BCUT2D eigenvalue weighted by Crippen LogP contribution is -2.06. The summed E-state index contributed by atoms with van der Waals surface area (Å²) in [6.07, 6.45) is 0. The van der Waals surface area contributed by atoms with Gasteiger partial charge in [-0.25, -0.2) is 4.79 Å². The summed E-state index contributed by atoms with van der Waals surface area (Å²) in [6, 6.07) is 1.66. The second kappa shape index (κ2) is 4.09. The number of rotatable bonds is 3. The Bertz CT molecular complexity index is 327. The van der Waals surface area contributed by atoms with Crippen molar-refractivity contribution in [3.8, 4) is 10.8 Å². The van der Waals surface area contributed by atoms with Crippen molar-refractivity contribution in [1.29, 1.82) is 0 Å². The molecule has 0 aliphatic rings. The molecule has 0 saturated heterocycles. The van der Waals surface area contributed by atoms with Crippen molar-refractivity contribution >= 4 is 17.3 Å². The molecule has 0 radical (unpaired) electrons. The molecule has 0 atom stereocenters. The topological polar surface area (TPSA) is 35.5 Å². The van der Waals surface area contributed by atoms with Crippen LogP contribution >= 0.6 is 11.3 Å². The van der Waals surface area contributed by atoms with E-state index in [0.717, 1.165) is 0 Å². The Morgan fingerprint density at radius 1 is 1.62 bits per heavy atom. The van der Waals surface area contributed by atoms with Crippen LogP contribution in [-0.2, 0) is 4.79 Å². The van der Waals surface area contributed by atoms with Gasteiger partial charge in [0.25, 0.3) is 0 Å². The summed E-state index contributed by atoms with van der Waals surface area (Å²) in [6.45, 7) is 5.08. The van der Waals surface area contributed by atoms with Crippen LogP contribution in [0.1, 0.15) is 6.92 Å². The van der Waals surface area contributed by atoms with Gasteiger partial charge in [0.1, 0.15) is 5.75 Å². The summed E-state index contributed by atoms with van der Waals surface area (Å²) in [4.78, 5) is 11.1. The van der Waals surface area contributed by atoms with Gasteiger partial charge in [-0.15, -0.1) is 11.3 Å². The Hall–Kier alpha value is -1.29. The highest BCUT2D eigenvalue weighted by Crippen LogP contribution is 2.28. The van der Waals surface area contributed by atoms with Crippen LogP contribution in [0.3, 0.4) is 0 Å². The van der Waals surface area contributed by atoms with Gasteiger partial charge in [-0.1, -0.05) is 6.58 Å². The molecule has 13 heavy (non-hydrogen) atoms. The zero-order chi connectivity index (χ0) is 9.84. The molecule has 0 bridgehead atoms. The van der Waals surface area contributed by atoms with Crippen LogP contribution in [0, 0.1) is 0 Å². The quantitative estimate of drug-likeness (QED) is 0.552. The summed E-state index contributed by atoms with van der Waals surface area (Å²) in [5.74, 6) is 0.277. The molecule has 0 unspecified atom stereocenters. The first-order valence-corrected chi connectivity index (χ1v) is 4.51. The highest BCUT2D eigenvalue weighted by atomic mass is 32.1. The van der Waals surface area contributed by atoms with E-state index in [-0.39, 0.29) is 0 Å². The molecule has 1 heterocycles. The monoisotopic (exact) mass is 198 g/mol. The van der Waals surface area contributed by atoms with Crippen molar-refractivity contribution < 1.29 is 14.3 Å². The Labute approximate surface area is 80.6 Å². The van der Waals surface area contributed by atoms with E-state index in [9.17, 15) is 4.79 Å². The van der Waals surface area contributed by atoms with E-state index >= 15 is 0 Å². The molecule has 0 aliphatic heterocycles. The average molecular weight is 198 g/mol. The summed E-state index contributed by atoms with van der Waals surface area (Å²) in [5, 5.41) is 2.28. The van der Waals surface area contributed by atoms with Gasteiger partial charge < -0.3 is 9.47 Å². The number of methoxy groups -OCH3 is 1. The first kappa shape index (κ1) is 9.80. The summed E-state index contributed by atoms with van der Waals surface area (Å²) in [7, 11) is 1.56. The van der Waals surface area contributed by atoms with E-state index in [4.69, 9.17) is 9.47 Å². The van der Waals surface area contributed by atoms with Gasteiger partial charge in [0.2, 0.25) is 0 Å². The van der Waals surface area contributed by atoms with E-state index in [1.165, 1.54) is 11.3 Å². The third-order valence-electron chi connectivity index (χ3n) is 1.33. The van der Waals surface area contributed by atoms with Crippen molar-refractivity contribution in [3.63, 3.8) is 0 Å². The van der Waals surface area contributed by atoms with Crippen molar-refractivity contribution in [3.05, 3.63) is 23.6 Å². The third-order valence-corrected chi connectivity index (χ3v) is 2.11. The minimum atomic E-state index is -0.412. The second-order valence-corrected chi connectivity index (χ2v) is 3.35. The van der Waals surface area contributed by atoms with Crippen LogP contribution in [0.15, 0.2) is 23.6 Å². The van der Waals surface area contributed by atoms with Crippen LogP contribution in [0.4, 0.5) is 0 Å². The third kappa shape index (κ3) is 2.59. The smallest absolute Gasteiger partial charge is 0.339 e. The predicted molar refractivity (Wildman–Crippen MR) is 51.3 cm³/mol. The second-order valence-electron chi connectivity index (χ2n) is 2.48. The number of thiophene rings is 1. The van der Waals surface area contributed by atoms with Crippen LogP contribution in [0.2, 0.25) is 0 Å². The lowest BCUT2D eigenvalue weighted by Gasteiger charge is -1.98. The standard InChI is InChI=1S/C9H10O3S/c1-6(2)9(10)12-8-4-7(11-3)5-13-8/h4-5H,1H2,2-3H3. The molecule has 1 aromatic heterocycles. The minimum absolute atomic E-state index is 0.382. The highest BCUT2D eigenvalue weighted by molar-refractivity contribution is 7.12. The molecule has 0 amide bonds. The molecule has 4 heteroatoms. The number of ether oxygens (including phenoxy) is 2. The van der Waals surface area contributed by atoms with E-state index in [1.807, 2.05) is 0 Å². The molecule has 0 fully saturated rings. The van der Waals surface area contributed by atoms with Crippen molar-refractivity contribution in [2.75, 3.05) is 7.11 Å². The van der Waals surface area contributed by atoms with Gasteiger partial charge in [-0.05, 0) is 6.92 Å². The fraction of sp³-hybridized carbons (Fsp3) is 0.222. The van der Waals surface area contributed by atoms with E-state index in [2.05, 4.69) is 6.58 Å². The first-order chi connectivity index (χ1) is 6.13. The largest absolute Gasteiger partial charge is 0.496 e. The Balaban J connectivity index is 2.64. The van der Waals surface area contributed by atoms with Gasteiger partial charge in [-0.3, -0.25) is 0 Å². The number of carbonyl (C=O) groups excluding carboxylic acids is 1.